The van der Waals surface area contributed by atoms with Gasteiger partial charge in [0, 0.05) is 42.9 Å². The van der Waals surface area contributed by atoms with Crippen molar-refractivity contribution in [3.05, 3.63) is 65.5 Å². The Morgan fingerprint density at radius 1 is 1.19 bits per heavy atom. The summed E-state index contributed by atoms with van der Waals surface area (Å²) in [5.74, 6) is 0.0776. The maximum atomic E-state index is 12.6. The van der Waals surface area contributed by atoms with E-state index in [0.29, 0.717) is 25.2 Å². The first-order chi connectivity index (χ1) is 13.2. The second-order valence-corrected chi connectivity index (χ2v) is 6.61. The van der Waals surface area contributed by atoms with Gasteiger partial charge >= 0.3 is 0 Å². The molecule has 0 N–H and O–H groups in total. The molecule has 0 fully saturated rings. The van der Waals surface area contributed by atoms with Crippen molar-refractivity contribution in [3.8, 4) is 0 Å². The van der Waals surface area contributed by atoms with Crippen LogP contribution in [0.5, 0.6) is 0 Å². The summed E-state index contributed by atoms with van der Waals surface area (Å²) >= 11 is 0. The van der Waals surface area contributed by atoms with Crippen molar-refractivity contribution in [3.63, 3.8) is 0 Å². The predicted octanol–water partition coefficient (Wildman–Crippen LogP) is 2.92. The van der Waals surface area contributed by atoms with Crippen molar-refractivity contribution >= 4 is 22.5 Å². The lowest BCUT2D eigenvalue weighted by Gasteiger charge is -2.22. The fraction of sp³-hybridized carbons (Fsp3) is 0.250. The molecule has 1 aromatic carbocycles. The summed E-state index contributed by atoms with van der Waals surface area (Å²) in [6, 6.07) is 12.1. The second kappa shape index (κ2) is 7.11. The summed E-state index contributed by atoms with van der Waals surface area (Å²) in [5, 5.41) is 13.2. The van der Waals surface area contributed by atoms with Gasteiger partial charge in [-0.1, -0.05) is 24.6 Å². The monoisotopic (exact) mass is 360 g/mol. The Morgan fingerprint density at radius 3 is 2.85 bits per heavy atom. The first-order valence-electron chi connectivity index (χ1n) is 8.92. The minimum Gasteiger partial charge on any atom is -0.334 e. The molecular formula is C20H20N6O. The number of pyridine rings is 2. The van der Waals surface area contributed by atoms with E-state index in [1.807, 2.05) is 36.1 Å². The molecule has 0 bridgehead atoms. The molecule has 3 heterocycles. The topological polar surface area (TPSA) is 76.3 Å². The summed E-state index contributed by atoms with van der Waals surface area (Å²) in [5.41, 5.74) is 4.70. The van der Waals surface area contributed by atoms with Gasteiger partial charge in [-0.25, -0.2) is 0 Å². The van der Waals surface area contributed by atoms with E-state index in [9.17, 15) is 4.79 Å². The zero-order chi connectivity index (χ0) is 18.8. The Morgan fingerprint density at radius 2 is 2.07 bits per heavy atom. The zero-order valence-corrected chi connectivity index (χ0v) is 15.3. The molecule has 0 saturated heterocycles. The number of carbonyl (C=O) groups excluding carboxylic acids is 1. The number of aromatic nitrogens is 5. The highest BCUT2D eigenvalue weighted by atomic mass is 16.2. The average molecular weight is 360 g/mol. The van der Waals surface area contributed by atoms with Gasteiger partial charge in [0.1, 0.15) is 0 Å². The molecule has 0 spiro atoms. The lowest BCUT2D eigenvalue weighted by atomic mass is 10.1. The van der Waals surface area contributed by atoms with Gasteiger partial charge < -0.3 is 4.90 Å². The van der Waals surface area contributed by atoms with Crippen LogP contribution in [0.3, 0.4) is 0 Å². The highest BCUT2D eigenvalue weighted by Gasteiger charge is 2.17. The third-order valence-electron chi connectivity index (χ3n) is 4.61. The van der Waals surface area contributed by atoms with Crippen LogP contribution in [0.1, 0.15) is 30.0 Å². The summed E-state index contributed by atoms with van der Waals surface area (Å²) < 4.78 is 1.74. The van der Waals surface area contributed by atoms with E-state index in [2.05, 4.69) is 39.6 Å². The van der Waals surface area contributed by atoms with Crippen molar-refractivity contribution in [2.75, 3.05) is 0 Å². The van der Waals surface area contributed by atoms with Crippen LogP contribution in [0.4, 0.5) is 0 Å². The van der Waals surface area contributed by atoms with E-state index in [1.165, 1.54) is 0 Å². The molecule has 1 amide bonds. The SMILES string of the molecule is CCC(=O)N(Cc1cccnc1)Cc1cc2cc(C)ccc2n2nnnc12. The first-order valence-corrected chi connectivity index (χ1v) is 8.92. The smallest absolute Gasteiger partial charge is 0.222 e. The number of rotatable bonds is 5. The normalized spacial score (nSPS) is 11.2. The van der Waals surface area contributed by atoms with E-state index in [-0.39, 0.29) is 5.91 Å². The molecule has 27 heavy (non-hydrogen) atoms. The molecule has 0 unspecified atom stereocenters. The Balaban J connectivity index is 1.76. The quantitative estimate of drug-likeness (QED) is 0.547. The molecule has 0 atom stereocenters. The summed E-state index contributed by atoms with van der Waals surface area (Å²) in [4.78, 5) is 18.5. The number of hydrogen-bond acceptors (Lipinski definition) is 5. The Hall–Kier alpha value is -3.35. The largest absolute Gasteiger partial charge is 0.334 e. The van der Waals surface area contributed by atoms with Crippen LogP contribution in [0.25, 0.3) is 16.6 Å². The van der Waals surface area contributed by atoms with E-state index < -0.39 is 0 Å². The molecule has 7 heteroatoms. The van der Waals surface area contributed by atoms with Crippen LogP contribution in [-0.2, 0) is 17.9 Å². The lowest BCUT2D eigenvalue weighted by Crippen LogP contribution is -2.29. The van der Waals surface area contributed by atoms with E-state index in [1.54, 1.807) is 16.9 Å². The zero-order valence-electron chi connectivity index (χ0n) is 15.3. The summed E-state index contributed by atoms with van der Waals surface area (Å²) in [7, 11) is 0. The molecule has 0 aliphatic carbocycles. The number of amides is 1. The van der Waals surface area contributed by atoms with Crippen LogP contribution in [0, 0.1) is 6.92 Å². The molecule has 4 aromatic rings. The average Bonchev–Trinajstić information content (AvgIpc) is 3.17. The van der Waals surface area contributed by atoms with Gasteiger partial charge in [-0.3, -0.25) is 9.78 Å². The fourth-order valence-corrected chi connectivity index (χ4v) is 3.27. The van der Waals surface area contributed by atoms with Crippen LogP contribution < -0.4 is 0 Å². The van der Waals surface area contributed by atoms with E-state index in [4.69, 9.17) is 0 Å². The van der Waals surface area contributed by atoms with Gasteiger partial charge in [0.15, 0.2) is 5.65 Å². The highest BCUT2D eigenvalue weighted by molar-refractivity contribution is 5.84. The molecule has 0 aliphatic heterocycles. The third-order valence-corrected chi connectivity index (χ3v) is 4.61. The maximum Gasteiger partial charge on any atom is 0.222 e. The van der Waals surface area contributed by atoms with Gasteiger partial charge in [0.2, 0.25) is 5.91 Å². The van der Waals surface area contributed by atoms with Crippen molar-refractivity contribution in [1.29, 1.82) is 0 Å². The van der Waals surface area contributed by atoms with E-state index in [0.717, 1.165) is 27.6 Å². The number of aryl methyl sites for hydroxylation is 1. The molecular weight excluding hydrogens is 340 g/mol. The molecule has 4 rings (SSSR count). The van der Waals surface area contributed by atoms with Crippen molar-refractivity contribution in [2.45, 2.75) is 33.4 Å². The number of fused-ring (bicyclic) bond motifs is 3. The molecule has 7 nitrogen and oxygen atoms in total. The Kier molecular flexibility index (Phi) is 4.50. The van der Waals surface area contributed by atoms with Gasteiger partial charge in [-0.15, -0.1) is 5.10 Å². The molecule has 3 aromatic heterocycles. The number of hydrogen-bond donors (Lipinski definition) is 0. The van der Waals surface area contributed by atoms with Crippen molar-refractivity contribution in [2.24, 2.45) is 0 Å². The Labute approximate surface area is 156 Å². The molecule has 0 aliphatic rings. The number of tetrazole rings is 1. The predicted molar refractivity (Wildman–Crippen MR) is 102 cm³/mol. The molecule has 0 saturated carbocycles. The van der Waals surface area contributed by atoms with Crippen LogP contribution >= 0.6 is 0 Å². The summed E-state index contributed by atoms with van der Waals surface area (Å²) in [6.45, 7) is 4.87. The maximum absolute atomic E-state index is 12.6. The minimum atomic E-state index is 0.0776. The van der Waals surface area contributed by atoms with Gasteiger partial charge in [-0.2, -0.15) is 4.52 Å². The fourth-order valence-electron chi connectivity index (χ4n) is 3.27. The standard InChI is InChI=1S/C20H20N6O/c1-3-19(27)25(12-15-5-4-8-21-11-15)13-17-10-16-9-14(2)6-7-18(16)26-20(17)22-23-24-26/h4-11H,3,12-13H2,1-2H3. The number of benzene rings is 1. The molecule has 136 valence electrons. The summed E-state index contributed by atoms with van der Waals surface area (Å²) in [6.07, 6.45) is 3.95. The third kappa shape index (κ3) is 3.36. The highest BCUT2D eigenvalue weighted by Crippen LogP contribution is 2.22. The second-order valence-electron chi connectivity index (χ2n) is 6.61. The van der Waals surface area contributed by atoms with Gasteiger partial charge in [-0.05, 0) is 47.2 Å². The first kappa shape index (κ1) is 17.1. The number of nitrogens with zero attached hydrogens (tertiary/aromatic N) is 6. The minimum absolute atomic E-state index is 0.0776. The van der Waals surface area contributed by atoms with Crippen LogP contribution in [-0.4, -0.2) is 35.8 Å². The van der Waals surface area contributed by atoms with Crippen LogP contribution in [0.15, 0.2) is 48.8 Å². The van der Waals surface area contributed by atoms with Gasteiger partial charge in [0.25, 0.3) is 0 Å². The Bertz CT molecular complexity index is 1110. The lowest BCUT2D eigenvalue weighted by molar-refractivity contribution is -0.132. The number of carbonyl (C=O) groups is 1. The van der Waals surface area contributed by atoms with Crippen molar-refractivity contribution in [1.82, 2.24) is 29.9 Å². The van der Waals surface area contributed by atoms with Crippen LogP contribution in [0.2, 0.25) is 0 Å². The van der Waals surface area contributed by atoms with Gasteiger partial charge in [0.05, 0.1) is 5.52 Å². The van der Waals surface area contributed by atoms with Crippen molar-refractivity contribution < 1.29 is 4.79 Å². The van der Waals surface area contributed by atoms with E-state index >= 15 is 0 Å². The molecule has 0 radical (unpaired) electrons.